The molecule has 0 radical (unpaired) electrons. The van der Waals surface area contributed by atoms with E-state index in [1.807, 2.05) is 30.6 Å². The fourth-order valence-electron chi connectivity index (χ4n) is 3.43. The third-order valence-corrected chi connectivity index (χ3v) is 5.88. The smallest absolute Gasteiger partial charge is 0.323 e. The second-order valence-electron chi connectivity index (χ2n) is 7.06. The quantitative estimate of drug-likeness (QED) is 0.582. The lowest BCUT2D eigenvalue weighted by molar-refractivity contribution is -0.120. The van der Waals surface area contributed by atoms with E-state index in [9.17, 15) is 9.59 Å². The van der Waals surface area contributed by atoms with E-state index in [1.165, 1.54) is 11.3 Å². The third kappa shape index (κ3) is 4.40. The summed E-state index contributed by atoms with van der Waals surface area (Å²) >= 11 is 1.39. The third-order valence-electron chi connectivity index (χ3n) is 4.97. The summed E-state index contributed by atoms with van der Waals surface area (Å²) < 4.78 is 2.10. The Morgan fingerprint density at radius 3 is 3.00 bits per heavy atom. The van der Waals surface area contributed by atoms with Crippen molar-refractivity contribution in [3.8, 4) is 0 Å². The molecule has 2 N–H and O–H groups in total. The Labute approximate surface area is 172 Å². The number of hydrogen-bond donors (Lipinski definition) is 2. The van der Waals surface area contributed by atoms with Crippen LogP contribution in [0.3, 0.4) is 0 Å². The Morgan fingerprint density at radius 2 is 2.17 bits per heavy atom. The number of amides is 3. The van der Waals surface area contributed by atoms with Gasteiger partial charge in [0, 0.05) is 38.5 Å². The van der Waals surface area contributed by atoms with E-state index in [0.29, 0.717) is 30.5 Å². The standard InChI is InChI=1S/C20H24N6O2S/c1-25-16-7-3-2-6-15(16)24-17(25)8-4-9-21-18(27)12-14-13-29-20(23-14)26-11-5-10-22-19(26)28/h2-3,6-7,13H,4-5,8-12H2,1H3,(H,21,27)(H,22,28). The number of anilines is 1. The van der Waals surface area contributed by atoms with Gasteiger partial charge in [-0.05, 0) is 25.0 Å². The highest BCUT2D eigenvalue weighted by Crippen LogP contribution is 2.22. The lowest BCUT2D eigenvalue weighted by Crippen LogP contribution is -2.46. The molecule has 9 heteroatoms. The number of nitrogens with one attached hydrogen (secondary N) is 2. The van der Waals surface area contributed by atoms with Crippen LogP contribution >= 0.6 is 11.3 Å². The zero-order chi connectivity index (χ0) is 20.2. The number of para-hydroxylation sites is 2. The fourth-order valence-corrected chi connectivity index (χ4v) is 4.28. The molecular weight excluding hydrogens is 388 g/mol. The van der Waals surface area contributed by atoms with Crippen LogP contribution in [0.1, 0.15) is 24.4 Å². The predicted molar refractivity (Wildman–Crippen MR) is 113 cm³/mol. The number of thiazole rings is 1. The molecule has 1 aliphatic rings. The summed E-state index contributed by atoms with van der Waals surface area (Å²) in [5.74, 6) is 0.958. The average molecular weight is 413 g/mol. The molecule has 2 aromatic heterocycles. The number of benzene rings is 1. The summed E-state index contributed by atoms with van der Waals surface area (Å²) in [6, 6.07) is 7.94. The van der Waals surface area contributed by atoms with Crippen LogP contribution < -0.4 is 15.5 Å². The van der Waals surface area contributed by atoms with Gasteiger partial charge in [0.1, 0.15) is 5.82 Å². The van der Waals surface area contributed by atoms with E-state index in [4.69, 9.17) is 0 Å². The molecule has 1 aromatic carbocycles. The number of imidazole rings is 1. The number of aromatic nitrogens is 3. The van der Waals surface area contributed by atoms with Gasteiger partial charge in [-0.25, -0.2) is 14.8 Å². The molecular formula is C20H24N6O2S. The molecule has 0 spiro atoms. The second-order valence-corrected chi connectivity index (χ2v) is 7.90. The number of urea groups is 1. The van der Waals surface area contributed by atoms with Crippen molar-refractivity contribution < 1.29 is 9.59 Å². The summed E-state index contributed by atoms with van der Waals surface area (Å²) in [6.45, 7) is 1.95. The zero-order valence-electron chi connectivity index (χ0n) is 16.4. The molecule has 1 saturated heterocycles. The van der Waals surface area contributed by atoms with Crippen LogP contribution in [0.4, 0.5) is 9.93 Å². The number of fused-ring (bicyclic) bond motifs is 1. The van der Waals surface area contributed by atoms with Crippen molar-refractivity contribution in [3.63, 3.8) is 0 Å². The Hall–Kier alpha value is -2.94. The average Bonchev–Trinajstić information content (AvgIpc) is 3.30. The Kier molecular flexibility index (Phi) is 5.75. The van der Waals surface area contributed by atoms with Crippen LogP contribution in [-0.2, 0) is 24.7 Å². The van der Waals surface area contributed by atoms with Gasteiger partial charge < -0.3 is 15.2 Å². The maximum Gasteiger partial charge on any atom is 0.323 e. The highest BCUT2D eigenvalue weighted by atomic mass is 32.1. The Bertz CT molecular complexity index is 1030. The number of aryl methyl sites for hydroxylation is 2. The monoisotopic (exact) mass is 412 g/mol. The number of carbonyl (C=O) groups is 2. The molecule has 3 amide bonds. The number of rotatable bonds is 7. The summed E-state index contributed by atoms with van der Waals surface area (Å²) in [7, 11) is 2.02. The minimum absolute atomic E-state index is 0.0602. The predicted octanol–water partition coefficient (Wildman–Crippen LogP) is 2.24. The van der Waals surface area contributed by atoms with Crippen molar-refractivity contribution in [1.82, 2.24) is 25.2 Å². The minimum Gasteiger partial charge on any atom is -0.356 e. The van der Waals surface area contributed by atoms with Gasteiger partial charge in [-0.2, -0.15) is 0 Å². The van der Waals surface area contributed by atoms with Gasteiger partial charge in [0.2, 0.25) is 5.91 Å². The molecule has 29 heavy (non-hydrogen) atoms. The first-order valence-electron chi connectivity index (χ1n) is 9.78. The maximum atomic E-state index is 12.2. The van der Waals surface area contributed by atoms with Crippen molar-refractivity contribution >= 4 is 39.4 Å². The molecule has 1 fully saturated rings. The second kappa shape index (κ2) is 8.60. The van der Waals surface area contributed by atoms with E-state index in [1.54, 1.807) is 4.90 Å². The van der Waals surface area contributed by atoms with E-state index < -0.39 is 0 Å². The van der Waals surface area contributed by atoms with Gasteiger partial charge in [-0.3, -0.25) is 9.69 Å². The summed E-state index contributed by atoms with van der Waals surface area (Å²) in [6.07, 6.45) is 2.74. The minimum atomic E-state index is -0.122. The van der Waals surface area contributed by atoms with Gasteiger partial charge in [-0.1, -0.05) is 12.1 Å². The van der Waals surface area contributed by atoms with Crippen molar-refractivity contribution in [2.75, 3.05) is 24.5 Å². The molecule has 0 unspecified atom stereocenters. The first-order valence-corrected chi connectivity index (χ1v) is 10.7. The first-order chi connectivity index (χ1) is 14.1. The molecule has 0 aliphatic carbocycles. The first kappa shape index (κ1) is 19.4. The molecule has 1 aliphatic heterocycles. The lowest BCUT2D eigenvalue weighted by atomic mass is 10.2. The molecule has 4 rings (SSSR count). The lowest BCUT2D eigenvalue weighted by Gasteiger charge is -2.24. The van der Waals surface area contributed by atoms with Crippen LogP contribution in [0.15, 0.2) is 29.6 Å². The molecule has 0 saturated carbocycles. The van der Waals surface area contributed by atoms with E-state index in [0.717, 1.165) is 36.1 Å². The topological polar surface area (TPSA) is 92.2 Å². The van der Waals surface area contributed by atoms with E-state index >= 15 is 0 Å². The summed E-state index contributed by atoms with van der Waals surface area (Å²) in [5, 5.41) is 8.24. The maximum absolute atomic E-state index is 12.2. The van der Waals surface area contributed by atoms with Crippen LogP contribution in [0.2, 0.25) is 0 Å². The normalized spacial score (nSPS) is 14.2. The molecule has 3 heterocycles. The van der Waals surface area contributed by atoms with Crippen molar-refractivity contribution in [2.45, 2.75) is 25.7 Å². The summed E-state index contributed by atoms with van der Waals surface area (Å²) in [4.78, 5) is 34.8. The molecule has 8 nitrogen and oxygen atoms in total. The SMILES string of the molecule is Cn1c(CCCNC(=O)Cc2csc(N3CCCNC3=O)n2)nc2ccccc21. The number of carbonyl (C=O) groups excluding carboxylic acids is 2. The van der Waals surface area contributed by atoms with E-state index in [2.05, 4.69) is 31.2 Å². The van der Waals surface area contributed by atoms with Crippen molar-refractivity contribution in [1.29, 1.82) is 0 Å². The van der Waals surface area contributed by atoms with Gasteiger partial charge in [0.25, 0.3) is 0 Å². The summed E-state index contributed by atoms with van der Waals surface area (Å²) in [5.41, 5.74) is 2.81. The van der Waals surface area contributed by atoms with Gasteiger partial charge >= 0.3 is 6.03 Å². The molecule has 0 atom stereocenters. The molecule has 0 bridgehead atoms. The highest BCUT2D eigenvalue weighted by molar-refractivity contribution is 7.14. The Morgan fingerprint density at radius 1 is 1.31 bits per heavy atom. The number of hydrogen-bond acceptors (Lipinski definition) is 5. The Balaban J connectivity index is 1.24. The largest absolute Gasteiger partial charge is 0.356 e. The van der Waals surface area contributed by atoms with Crippen LogP contribution in [0.25, 0.3) is 11.0 Å². The number of nitrogens with zero attached hydrogens (tertiary/aromatic N) is 4. The zero-order valence-corrected chi connectivity index (χ0v) is 17.2. The molecule has 3 aromatic rings. The van der Waals surface area contributed by atoms with Crippen molar-refractivity contribution in [3.05, 3.63) is 41.2 Å². The van der Waals surface area contributed by atoms with Gasteiger partial charge in [-0.15, -0.1) is 11.3 Å². The van der Waals surface area contributed by atoms with Crippen LogP contribution in [0.5, 0.6) is 0 Å². The molecule has 152 valence electrons. The van der Waals surface area contributed by atoms with Crippen LogP contribution in [-0.4, -0.2) is 46.1 Å². The fraction of sp³-hybridized carbons (Fsp3) is 0.400. The van der Waals surface area contributed by atoms with Crippen LogP contribution in [0, 0.1) is 0 Å². The van der Waals surface area contributed by atoms with Gasteiger partial charge in [0.05, 0.1) is 23.1 Å². The highest BCUT2D eigenvalue weighted by Gasteiger charge is 2.22. The van der Waals surface area contributed by atoms with Gasteiger partial charge in [0.15, 0.2) is 5.13 Å². The van der Waals surface area contributed by atoms with E-state index in [-0.39, 0.29) is 18.4 Å². The van der Waals surface area contributed by atoms with Crippen molar-refractivity contribution in [2.24, 2.45) is 7.05 Å².